The molecule has 144 valence electrons. The van der Waals surface area contributed by atoms with Crippen LogP contribution in [-0.2, 0) is 14.8 Å². The minimum absolute atomic E-state index is 0.0453. The van der Waals surface area contributed by atoms with Crippen LogP contribution in [-0.4, -0.2) is 80.9 Å². The highest BCUT2D eigenvalue weighted by molar-refractivity contribution is 7.89. The number of hydrogen-bond donors (Lipinski definition) is 0. The van der Waals surface area contributed by atoms with Crippen LogP contribution in [0.25, 0.3) is 0 Å². The Morgan fingerprint density at radius 3 is 2.27 bits per heavy atom. The van der Waals surface area contributed by atoms with Crippen molar-refractivity contribution in [1.82, 2.24) is 14.1 Å². The monoisotopic (exact) mass is 383 g/mol. The standard InChI is InChI=1S/C17H25N3O5S/c1-4-18(5-2)17(22)19-9-11-20(12-10-19)26(23,24)15-8-6-7-14(13-15)16(21)25-3/h6-8,13H,4-5,9-12H2,1-3H3. The second-order valence-electron chi connectivity index (χ2n) is 5.87. The first kappa shape index (κ1) is 20.2. The van der Waals surface area contributed by atoms with Gasteiger partial charge in [0.05, 0.1) is 17.6 Å². The lowest BCUT2D eigenvalue weighted by Gasteiger charge is -2.36. The third-order valence-electron chi connectivity index (χ3n) is 4.44. The number of ether oxygens (including phenoxy) is 1. The van der Waals surface area contributed by atoms with Crippen molar-refractivity contribution >= 4 is 22.0 Å². The maximum Gasteiger partial charge on any atom is 0.337 e. The SMILES string of the molecule is CCN(CC)C(=O)N1CCN(S(=O)(=O)c2cccc(C(=O)OC)c2)CC1. The predicted molar refractivity (Wildman–Crippen MR) is 96.4 cm³/mol. The van der Waals surface area contributed by atoms with Crippen LogP contribution in [0.2, 0.25) is 0 Å². The molecule has 2 amide bonds. The zero-order chi connectivity index (χ0) is 19.3. The number of esters is 1. The van der Waals surface area contributed by atoms with E-state index < -0.39 is 16.0 Å². The molecule has 0 unspecified atom stereocenters. The Hall–Kier alpha value is -2.13. The molecule has 0 spiro atoms. The molecule has 0 bridgehead atoms. The van der Waals surface area contributed by atoms with E-state index >= 15 is 0 Å². The number of benzene rings is 1. The van der Waals surface area contributed by atoms with Crippen molar-refractivity contribution in [3.05, 3.63) is 29.8 Å². The summed E-state index contributed by atoms with van der Waals surface area (Å²) in [5.74, 6) is -0.586. The summed E-state index contributed by atoms with van der Waals surface area (Å²) in [5, 5.41) is 0. The number of urea groups is 1. The molecular weight excluding hydrogens is 358 g/mol. The Morgan fingerprint density at radius 2 is 1.73 bits per heavy atom. The summed E-state index contributed by atoms with van der Waals surface area (Å²) in [7, 11) is -2.49. The topological polar surface area (TPSA) is 87.2 Å². The molecule has 1 aromatic rings. The summed E-state index contributed by atoms with van der Waals surface area (Å²) < 4.78 is 31.6. The van der Waals surface area contributed by atoms with Crippen LogP contribution in [0.1, 0.15) is 24.2 Å². The van der Waals surface area contributed by atoms with Gasteiger partial charge in [-0.15, -0.1) is 0 Å². The summed E-state index contributed by atoms with van der Waals surface area (Å²) in [4.78, 5) is 27.4. The van der Waals surface area contributed by atoms with Crippen molar-refractivity contribution in [3.63, 3.8) is 0 Å². The summed E-state index contributed by atoms with van der Waals surface area (Å²) >= 11 is 0. The Balaban J connectivity index is 2.11. The largest absolute Gasteiger partial charge is 0.465 e. The minimum atomic E-state index is -3.73. The van der Waals surface area contributed by atoms with Crippen molar-refractivity contribution in [2.45, 2.75) is 18.7 Å². The molecule has 0 radical (unpaired) electrons. The van der Waals surface area contributed by atoms with E-state index in [1.165, 1.54) is 35.7 Å². The minimum Gasteiger partial charge on any atom is -0.465 e. The predicted octanol–water partition coefficient (Wildman–Crippen LogP) is 1.24. The number of hydrogen-bond acceptors (Lipinski definition) is 5. The first-order valence-electron chi connectivity index (χ1n) is 8.57. The van der Waals surface area contributed by atoms with Gasteiger partial charge in [-0.1, -0.05) is 6.07 Å². The van der Waals surface area contributed by atoms with Crippen LogP contribution in [0.4, 0.5) is 4.79 Å². The lowest BCUT2D eigenvalue weighted by atomic mass is 10.2. The van der Waals surface area contributed by atoms with Crippen LogP contribution < -0.4 is 0 Å². The molecule has 1 fully saturated rings. The number of rotatable bonds is 5. The van der Waals surface area contributed by atoms with Gasteiger partial charge < -0.3 is 14.5 Å². The number of amides is 2. The van der Waals surface area contributed by atoms with E-state index in [0.29, 0.717) is 26.2 Å². The molecule has 0 aliphatic carbocycles. The number of nitrogens with zero attached hydrogens (tertiary/aromatic N) is 3. The van der Waals surface area contributed by atoms with Gasteiger partial charge in [0.2, 0.25) is 10.0 Å². The zero-order valence-corrected chi connectivity index (χ0v) is 16.2. The van der Waals surface area contributed by atoms with Crippen molar-refractivity contribution < 1.29 is 22.7 Å². The second kappa shape index (κ2) is 8.50. The molecule has 1 saturated heterocycles. The maximum atomic E-state index is 12.8. The van der Waals surface area contributed by atoms with Crippen LogP contribution >= 0.6 is 0 Å². The quantitative estimate of drug-likeness (QED) is 0.714. The highest BCUT2D eigenvalue weighted by atomic mass is 32.2. The molecule has 0 atom stereocenters. The van der Waals surface area contributed by atoms with E-state index in [9.17, 15) is 18.0 Å². The smallest absolute Gasteiger partial charge is 0.337 e. The maximum absolute atomic E-state index is 12.8. The van der Waals surface area contributed by atoms with E-state index in [1.54, 1.807) is 9.80 Å². The van der Waals surface area contributed by atoms with E-state index in [-0.39, 0.29) is 29.6 Å². The molecule has 1 aliphatic rings. The molecule has 0 aromatic heterocycles. The molecule has 9 heteroatoms. The van der Waals surface area contributed by atoms with Crippen LogP contribution in [0.3, 0.4) is 0 Å². The van der Waals surface area contributed by atoms with Gasteiger partial charge in [-0.2, -0.15) is 4.31 Å². The molecule has 1 heterocycles. The van der Waals surface area contributed by atoms with Gasteiger partial charge in [0.1, 0.15) is 0 Å². The lowest BCUT2D eigenvalue weighted by molar-refractivity contribution is 0.0600. The second-order valence-corrected chi connectivity index (χ2v) is 7.80. The fourth-order valence-electron chi connectivity index (χ4n) is 2.86. The molecule has 1 aliphatic heterocycles. The Kier molecular flexibility index (Phi) is 6.60. The zero-order valence-electron chi connectivity index (χ0n) is 15.3. The molecule has 1 aromatic carbocycles. The molecule has 0 saturated carbocycles. The van der Waals surface area contributed by atoms with E-state index in [0.717, 1.165) is 0 Å². The Labute approximate surface area is 154 Å². The number of piperazine rings is 1. The lowest BCUT2D eigenvalue weighted by Crippen LogP contribution is -2.53. The van der Waals surface area contributed by atoms with Gasteiger partial charge in [0.15, 0.2) is 0 Å². The first-order chi connectivity index (χ1) is 12.3. The van der Waals surface area contributed by atoms with Crippen LogP contribution in [0.5, 0.6) is 0 Å². The Bertz CT molecular complexity index is 753. The van der Waals surface area contributed by atoms with Crippen molar-refractivity contribution in [1.29, 1.82) is 0 Å². The number of methoxy groups -OCH3 is 1. The average Bonchev–Trinajstić information content (AvgIpc) is 2.68. The fourth-order valence-corrected chi connectivity index (χ4v) is 4.33. The van der Waals surface area contributed by atoms with Gasteiger partial charge in [0, 0.05) is 39.3 Å². The molecule has 26 heavy (non-hydrogen) atoms. The number of carbonyl (C=O) groups excluding carboxylic acids is 2. The van der Waals surface area contributed by atoms with Gasteiger partial charge in [0.25, 0.3) is 0 Å². The Morgan fingerprint density at radius 1 is 1.12 bits per heavy atom. The summed E-state index contributed by atoms with van der Waals surface area (Å²) in [5.41, 5.74) is 0.184. The fraction of sp³-hybridized carbons (Fsp3) is 0.529. The van der Waals surface area contributed by atoms with Gasteiger partial charge in [-0.3, -0.25) is 0 Å². The highest BCUT2D eigenvalue weighted by Crippen LogP contribution is 2.19. The highest BCUT2D eigenvalue weighted by Gasteiger charge is 2.31. The number of sulfonamides is 1. The average molecular weight is 383 g/mol. The van der Waals surface area contributed by atoms with E-state index in [1.807, 2.05) is 13.8 Å². The molecule has 0 N–H and O–H groups in total. The third-order valence-corrected chi connectivity index (χ3v) is 6.33. The van der Waals surface area contributed by atoms with Gasteiger partial charge in [-0.05, 0) is 32.0 Å². The van der Waals surface area contributed by atoms with Gasteiger partial charge >= 0.3 is 12.0 Å². The summed E-state index contributed by atoms with van der Waals surface area (Å²) in [6.45, 7) is 6.18. The van der Waals surface area contributed by atoms with Gasteiger partial charge in [-0.25, -0.2) is 18.0 Å². The van der Waals surface area contributed by atoms with Crippen LogP contribution in [0.15, 0.2) is 29.2 Å². The van der Waals surface area contributed by atoms with Crippen molar-refractivity contribution in [3.8, 4) is 0 Å². The van der Waals surface area contributed by atoms with Crippen molar-refractivity contribution in [2.75, 3.05) is 46.4 Å². The van der Waals surface area contributed by atoms with E-state index in [4.69, 9.17) is 0 Å². The number of carbonyl (C=O) groups is 2. The first-order valence-corrected chi connectivity index (χ1v) is 10.0. The van der Waals surface area contributed by atoms with Crippen LogP contribution in [0, 0.1) is 0 Å². The normalized spacial score (nSPS) is 15.6. The molecular formula is C17H25N3O5S. The summed E-state index contributed by atoms with van der Waals surface area (Å²) in [6, 6.07) is 5.72. The molecule has 2 rings (SSSR count). The van der Waals surface area contributed by atoms with Crippen molar-refractivity contribution in [2.24, 2.45) is 0 Å². The molecule has 8 nitrogen and oxygen atoms in total. The van der Waals surface area contributed by atoms with E-state index in [2.05, 4.69) is 4.74 Å². The third kappa shape index (κ3) is 4.16. The summed E-state index contributed by atoms with van der Waals surface area (Å²) in [6.07, 6.45) is 0.